The van der Waals surface area contributed by atoms with Crippen LogP contribution < -0.4 is 5.32 Å². The maximum absolute atomic E-state index is 12.1. The van der Waals surface area contributed by atoms with E-state index in [1.807, 2.05) is 0 Å². The number of aromatic carboxylic acids is 1. The molecule has 1 aromatic carbocycles. The molecule has 1 rings (SSSR count). The molecule has 0 heterocycles. The first-order chi connectivity index (χ1) is 8.81. The van der Waals surface area contributed by atoms with Crippen LogP contribution in [0.15, 0.2) is 22.7 Å². The van der Waals surface area contributed by atoms with Crippen molar-refractivity contribution in [2.75, 3.05) is 18.9 Å². The number of carbonyl (C=O) groups is 2. The summed E-state index contributed by atoms with van der Waals surface area (Å²) in [6.07, 6.45) is -2.62. The van der Waals surface area contributed by atoms with Gasteiger partial charge in [-0.05, 0) is 34.1 Å². The standard InChI is InChI=1S/C11H11BrF2N2O3/c1-16(5-9(13)14)11(19)15-8-3-2-6(10(17)18)4-7(8)12/h2-4,9H,5H2,1H3,(H,15,19)(H,17,18). The number of carboxylic acids is 1. The molecule has 0 radical (unpaired) electrons. The van der Waals surface area contributed by atoms with Gasteiger partial charge in [0.1, 0.15) is 0 Å². The second-order valence-electron chi connectivity index (χ2n) is 3.70. The lowest BCUT2D eigenvalue weighted by Crippen LogP contribution is -2.35. The molecule has 0 aliphatic heterocycles. The van der Waals surface area contributed by atoms with Gasteiger partial charge in [0.15, 0.2) is 0 Å². The number of carbonyl (C=O) groups excluding carboxylic acids is 1. The van der Waals surface area contributed by atoms with E-state index >= 15 is 0 Å². The van der Waals surface area contributed by atoms with E-state index in [1.165, 1.54) is 25.2 Å². The fourth-order valence-electron chi connectivity index (χ4n) is 1.25. The van der Waals surface area contributed by atoms with Crippen molar-refractivity contribution in [3.8, 4) is 0 Å². The SMILES string of the molecule is CN(CC(F)F)C(=O)Nc1ccc(C(=O)O)cc1Br. The highest BCUT2D eigenvalue weighted by atomic mass is 79.9. The van der Waals surface area contributed by atoms with Crippen LogP contribution >= 0.6 is 15.9 Å². The number of carboxylic acid groups (broad SMARTS) is 1. The minimum atomic E-state index is -2.62. The summed E-state index contributed by atoms with van der Waals surface area (Å²) in [4.78, 5) is 23.1. The average Bonchev–Trinajstić information content (AvgIpc) is 2.30. The lowest BCUT2D eigenvalue weighted by Gasteiger charge is -2.18. The molecule has 0 aliphatic carbocycles. The van der Waals surface area contributed by atoms with Crippen LogP contribution in [-0.2, 0) is 0 Å². The Morgan fingerprint density at radius 2 is 2.11 bits per heavy atom. The second-order valence-corrected chi connectivity index (χ2v) is 4.56. The molecule has 0 saturated heterocycles. The third kappa shape index (κ3) is 4.47. The topological polar surface area (TPSA) is 69.6 Å². The summed E-state index contributed by atoms with van der Waals surface area (Å²) in [6, 6.07) is 3.28. The Bertz CT molecular complexity index is 497. The van der Waals surface area contributed by atoms with Gasteiger partial charge in [-0.15, -0.1) is 0 Å². The van der Waals surface area contributed by atoms with Gasteiger partial charge in [-0.1, -0.05) is 0 Å². The molecule has 2 amide bonds. The number of rotatable bonds is 4. The Morgan fingerprint density at radius 3 is 2.58 bits per heavy atom. The zero-order valence-corrected chi connectivity index (χ0v) is 11.4. The average molecular weight is 337 g/mol. The number of amides is 2. The molecule has 0 bridgehead atoms. The molecule has 19 heavy (non-hydrogen) atoms. The van der Waals surface area contributed by atoms with E-state index in [0.717, 1.165) is 4.90 Å². The summed E-state index contributed by atoms with van der Waals surface area (Å²) < 4.78 is 24.6. The number of anilines is 1. The number of hydrogen-bond acceptors (Lipinski definition) is 2. The number of urea groups is 1. The first-order valence-electron chi connectivity index (χ1n) is 5.14. The summed E-state index contributed by atoms with van der Waals surface area (Å²) in [7, 11) is 1.24. The zero-order chi connectivity index (χ0) is 14.6. The van der Waals surface area contributed by atoms with Crippen LogP contribution in [0.3, 0.4) is 0 Å². The Labute approximate surface area is 116 Å². The highest BCUT2D eigenvalue weighted by Crippen LogP contribution is 2.24. The highest BCUT2D eigenvalue weighted by Gasteiger charge is 2.15. The molecule has 5 nitrogen and oxygen atoms in total. The number of hydrogen-bond donors (Lipinski definition) is 2. The van der Waals surface area contributed by atoms with Crippen LogP contribution in [0.5, 0.6) is 0 Å². The summed E-state index contributed by atoms with van der Waals surface area (Å²) in [6.45, 7) is -0.684. The summed E-state index contributed by atoms with van der Waals surface area (Å²) in [5, 5.41) is 11.2. The Kier molecular flexibility index (Phi) is 5.22. The molecule has 0 aromatic heterocycles. The van der Waals surface area contributed by atoms with Crippen molar-refractivity contribution in [3.05, 3.63) is 28.2 Å². The van der Waals surface area contributed by atoms with Crippen molar-refractivity contribution in [3.63, 3.8) is 0 Å². The first-order valence-corrected chi connectivity index (χ1v) is 5.93. The van der Waals surface area contributed by atoms with Crippen LogP contribution in [0.2, 0.25) is 0 Å². The van der Waals surface area contributed by atoms with E-state index in [2.05, 4.69) is 21.2 Å². The Balaban J connectivity index is 2.77. The highest BCUT2D eigenvalue weighted by molar-refractivity contribution is 9.10. The van der Waals surface area contributed by atoms with Gasteiger partial charge in [0, 0.05) is 11.5 Å². The number of alkyl halides is 2. The molecular formula is C11H11BrF2N2O3. The minimum absolute atomic E-state index is 0.0470. The largest absolute Gasteiger partial charge is 0.478 e. The van der Waals surface area contributed by atoms with Gasteiger partial charge in [0.25, 0.3) is 6.43 Å². The van der Waals surface area contributed by atoms with E-state index in [-0.39, 0.29) is 5.56 Å². The predicted octanol–water partition coefficient (Wildman–Crippen LogP) is 2.88. The maximum Gasteiger partial charge on any atom is 0.335 e. The van der Waals surface area contributed by atoms with E-state index in [1.54, 1.807) is 0 Å². The third-order valence-corrected chi connectivity index (χ3v) is 2.87. The smallest absolute Gasteiger partial charge is 0.335 e. The van der Waals surface area contributed by atoms with E-state index in [4.69, 9.17) is 5.11 Å². The lowest BCUT2D eigenvalue weighted by atomic mass is 10.2. The summed E-state index contributed by atoms with van der Waals surface area (Å²) >= 11 is 3.10. The molecule has 1 aromatic rings. The van der Waals surface area contributed by atoms with Crippen molar-refractivity contribution in [1.29, 1.82) is 0 Å². The van der Waals surface area contributed by atoms with Crippen molar-refractivity contribution in [1.82, 2.24) is 4.90 Å². The van der Waals surface area contributed by atoms with Crippen molar-refractivity contribution >= 4 is 33.6 Å². The van der Waals surface area contributed by atoms with Gasteiger partial charge in [0.2, 0.25) is 0 Å². The third-order valence-electron chi connectivity index (χ3n) is 2.22. The van der Waals surface area contributed by atoms with Crippen LogP contribution in [-0.4, -0.2) is 42.0 Å². The molecule has 0 atom stereocenters. The molecule has 0 aliphatic rings. The van der Waals surface area contributed by atoms with Crippen molar-refractivity contribution in [2.24, 2.45) is 0 Å². The first kappa shape index (κ1) is 15.4. The van der Waals surface area contributed by atoms with Gasteiger partial charge in [-0.2, -0.15) is 0 Å². The van der Waals surface area contributed by atoms with E-state index in [0.29, 0.717) is 10.2 Å². The van der Waals surface area contributed by atoms with Gasteiger partial charge in [0.05, 0.1) is 17.8 Å². The second kappa shape index (κ2) is 6.46. The lowest BCUT2D eigenvalue weighted by molar-refractivity contribution is 0.0696. The Hall–Kier alpha value is -1.70. The maximum atomic E-state index is 12.1. The minimum Gasteiger partial charge on any atom is -0.478 e. The predicted molar refractivity (Wildman–Crippen MR) is 68.8 cm³/mol. The molecule has 0 saturated carbocycles. The number of nitrogens with zero attached hydrogens (tertiary/aromatic N) is 1. The van der Waals surface area contributed by atoms with Crippen LogP contribution in [0.25, 0.3) is 0 Å². The molecule has 0 fully saturated rings. The summed E-state index contributed by atoms with van der Waals surface area (Å²) in [5.41, 5.74) is 0.349. The van der Waals surface area contributed by atoms with Crippen LogP contribution in [0.4, 0.5) is 19.3 Å². The monoisotopic (exact) mass is 336 g/mol. The fraction of sp³-hybridized carbons (Fsp3) is 0.273. The van der Waals surface area contributed by atoms with Gasteiger partial charge >= 0.3 is 12.0 Å². The van der Waals surface area contributed by atoms with Gasteiger partial charge in [-0.25, -0.2) is 18.4 Å². The summed E-state index contributed by atoms with van der Waals surface area (Å²) in [5.74, 6) is -1.10. The van der Waals surface area contributed by atoms with Crippen LogP contribution in [0, 0.1) is 0 Å². The quantitative estimate of drug-likeness (QED) is 0.888. The number of halogens is 3. The molecule has 8 heteroatoms. The molecule has 104 valence electrons. The molecule has 0 spiro atoms. The Morgan fingerprint density at radius 1 is 1.47 bits per heavy atom. The van der Waals surface area contributed by atoms with E-state index < -0.39 is 25.0 Å². The molecule has 0 unspecified atom stereocenters. The van der Waals surface area contributed by atoms with Crippen molar-refractivity contribution < 1.29 is 23.5 Å². The number of benzene rings is 1. The van der Waals surface area contributed by atoms with Crippen LogP contribution in [0.1, 0.15) is 10.4 Å². The van der Waals surface area contributed by atoms with E-state index in [9.17, 15) is 18.4 Å². The fourth-order valence-corrected chi connectivity index (χ4v) is 1.73. The van der Waals surface area contributed by atoms with Gasteiger partial charge < -0.3 is 15.3 Å². The van der Waals surface area contributed by atoms with Crippen molar-refractivity contribution in [2.45, 2.75) is 6.43 Å². The molecule has 2 N–H and O–H groups in total. The normalized spacial score (nSPS) is 10.4. The number of nitrogens with one attached hydrogen (secondary N) is 1. The van der Waals surface area contributed by atoms with Gasteiger partial charge in [-0.3, -0.25) is 0 Å². The zero-order valence-electron chi connectivity index (χ0n) is 9.86. The molecular weight excluding hydrogens is 326 g/mol.